The molecular formula is C21H24N2O5. The van der Waals surface area contributed by atoms with Crippen molar-refractivity contribution >= 4 is 23.3 Å². The van der Waals surface area contributed by atoms with Crippen LogP contribution < -0.4 is 19.7 Å². The third-order valence-corrected chi connectivity index (χ3v) is 4.57. The fourth-order valence-corrected chi connectivity index (χ4v) is 3.09. The molecule has 0 spiro atoms. The molecule has 0 atom stereocenters. The maximum absolute atomic E-state index is 12.7. The number of ether oxygens (including phenoxy) is 3. The van der Waals surface area contributed by atoms with E-state index in [1.807, 2.05) is 24.3 Å². The number of nitrogens with one attached hydrogen (secondary N) is 1. The Hall–Kier alpha value is -3.22. The molecule has 1 fully saturated rings. The lowest BCUT2D eigenvalue weighted by atomic mass is 10.1. The van der Waals surface area contributed by atoms with Crippen molar-refractivity contribution in [3.8, 4) is 11.5 Å². The minimum absolute atomic E-state index is 0.268. The summed E-state index contributed by atoms with van der Waals surface area (Å²) in [4.78, 5) is 26.3. The summed E-state index contributed by atoms with van der Waals surface area (Å²) in [6.07, 6.45) is 2.38. The maximum Gasteiger partial charge on any atom is 0.343 e. The van der Waals surface area contributed by atoms with Gasteiger partial charge in [-0.1, -0.05) is 6.07 Å². The molecule has 28 heavy (non-hydrogen) atoms. The molecule has 0 aliphatic carbocycles. The van der Waals surface area contributed by atoms with Gasteiger partial charge in [0.2, 0.25) is 0 Å². The van der Waals surface area contributed by atoms with E-state index in [0.29, 0.717) is 17.1 Å². The van der Waals surface area contributed by atoms with Gasteiger partial charge >= 0.3 is 5.97 Å². The summed E-state index contributed by atoms with van der Waals surface area (Å²) < 4.78 is 15.2. The molecule has 0 aromatic heterocycles. The first kappa shape index (κ1) is 19.5. The molecule has 1 aliphatic rings. The van der Waals surface area contributed by atoms with Crippen LogP contribution in [0.3, 0.4) is 0 Å². The largest absolute Gasteiger partial charge is 0.493 e. The quantitative estimate of drug-likeness (QED) is 0.739. The molecule has 0 saturated carbocycles. The van der Waals surface area contributed by atoms with E-state index in [0.717, 1.165) is 24.5 Å². The van der Waals surface area contributed by atoms with Gasteiger partial charge in [-0.15, -0.1) is 0 Å². The van der Waals surface area contributed by atoms with Gasteiger partial charge in [-0.3, -0.25) is 4.79 Å². The van der Waals surface area contributed by atoms with E-state index < -0.39 is 5.97 Å². The van der Waals surface area contributed by atoms with E-state index in [1.165, 1.54) is 27.1 Å². The molecule has 7 heteroatoms. The number of hydrogen-bond donors (Lipinski definition) is 1. The highest BCUT2D eigenvalue weighted by atomic mass is 16.6. The zero-order valence-corrected chi connectivity index (χ0v) is 16.1. The van der Waals surface area contributed by atoms with Crippen LogP contribution in [-0.4, -0.2) is 45.8 Å². The first-order valence-electron chi connectivity index (χ1n) is 9.14. The Morgan fingerprint density at radius 1 is 1.04 bits per heavy atom. The summed E-state index contributed by atoms with van der Waals surface area (Å²) in [5.74, 6) is -0.0670. The number of methoxy groups -OCH3 is 2. The van der Waals surface area contributed by atoms with Crippen molar-refractivity contribution in [3.05, 3.63) is 48.0 Å². The highest BCUT2D eigenvalue weighted by molar-refractivity contribution is 6.04. The number of rotatable bonds is 7. The number of anilines is 2. The van der Waals surface area contributed by atoms with Gasteiger partial charge in [-0.2, -0.15) is 0 Å². The van der Waals surface area contributed by atoms with Crippen molar-refractivity contribution in [1.29, 1.82) is 0 Å². The molecule has 0 unspecified atom stereocenters. The Labute approximate surface area is 164 Å². The normalized spacial score (nSPS) is 13.1. The van der Waals surface area contributed by atoms with Gasteiger partial charge in [0, 0.05) is 30.0 Å². The Kier molecular flexibility index (Phi) is 6.37. The van der Waals surface area contributed by atoms with Crippen molar-refractivity contribution in [2.75, 3.05) is 44.1 Å². The fraction of sp³-hybridized carbons (Fsp3) is 0.333. The standard InChI is InChI=1S/C21H24N2O5/c1-26-18-9-8-15(12-19(18)28-14-20(24)27-2)21(25)22-16-6-5-7-17(13-16)23-10-3-4-11-23/h5-9,12-13H,3-4,10-11,14H2,1-2H3,(H,22,25). The molecule has 1 saturated heterocycles. The average molecular weight is 384 g/mol. The molecule has 0 bridgehead atoms. The number of nitrogens with zero attached hydrogens (tertiary/aromatic N) is 1. The fourth-order valence-electron chi connectivity index (χ4n) is 3.09. The van der Waals surface area contributed by atoms with Crippen molar-refractivity contribution in [3.63, 3.8) is 0 Å². The molecule has 1 aliphatic heterocycles. The number of benzene rings is 2. The van der Waals surface area contributed by atoms with Crippen LogP contribution >= 0.6 is 0 Å². The highest BCUT2D eigenvalue weighted by Gasteiger charge is 2.15. The van der Waals surface area contributed by atoms with Gasteiger partial charge in [0.25, 0.3) is 5.91 Å². The van der Waals surface area contributed by atoms with Gasteiger partial charge < -0.3 is 24.4 Å². The molecule has 1 amide bonds. The number of hydrogen-bond acceptors (Lipinski definition) is 6. The monoisotopic (exact) mass is 384 g/mol. The molecule has 7 nitrogen and oxygen atoms in total. The van der Waals surface area contributed by atoms with Crippen LogP contribution in [-0.2, 0) is 9.53 Å². The van der Waals surface area contributed by atoms with Crippen molar-refractivity contribution in [2.45, 2.75) is 12.8 Å². The Morgan fingerprint density at radius 3 is 2.54 bits per heavy atom. The van der Waals surface area contributed by atoms with E-state index in [9.17, 15) is 9.59 Å². The second-order valence-corrected chi connectivity index (χ2v) is 6.43. The Morgan fingerprint density at radius 2 is 1.82 bits per heavy atom. The van der Waals surface area contributed by atoms with Gasteiger partial charge in [-0.25, -0.2) is 4.79 Å². The first-order chi connectivity index (χ1) is 13.6. The summed E-state index contributed by atoms with van der Waals surface area (Å²) in [5, 5.41) is 2.91. The van der Waals surface area contributed by atoms with Crippen LogP contribution in [0.15, 0.2) is 42.5 Å². The average Bonchev–Trinajstić information content (AvgIpc) is 3.27. The van der Waals surface area contributed by atoms with E-state index in [-0.39, 0.29) is 12.5 Å². The van der Waals surface area contributed by atoms with Crippen LogP contribution in [0.1, 0.15) is 23.2 Å². The SMILES string of the molecule is COC(=O)COc1cc(C(=O)Nc2cccc(N3CCCC3)c2)ccc1OC. The van der Waals surface area contributed by atoms with Crippen LogP contribution in [0.25, 0.3) is 0 Å². The lowest BCUT2D eigenvalue weighted by Crippen LogP contribution is -2.18. The molecular weight excluding hydrogens is 360 g/mol. The van der Waals surface area contributed by atoms with Crippen LogP contribution in [0.2, 0.25) is 0 Å². The summed E-state index contributed by atoms with van der Waals surface area (Å²) >= 11 is 0. The predicted molar refractivity (Wildman–Crippen MR) is 106 cm³/mol. The van der Waals surface area contributed by atoms with E-state index in [4.69, 9.17) is 9.47 Å². The van der Waals surface area contributed by atoms with Crippen molar-refractivity contribution < 1.29 is 23.8 Å². The zero-order valence-electron chi connectivity index (χ0n) is 16.1. The summed E-state index contributed by atoms with van der Waals surface area (Å²) in [6, 6.07) is 12.6. The van der Waals surface area contributed by atoms with Crippen LogP contribution in [0, 0.1) is 0 Å². The van der Waals surface area contributed by atoms with Crippen molar-refractivity contribution in [1.82, 2.24) is 0 Å². The third kappa shape index (κ3) is 4.73. The third-order valence-electron chi connectivity index (χ3n) is 4.57. The first-order valence-corrected chi connectivity index (χ1v) is 9.14. The van der Waals surface area contributed by atoms with E-state index in [1.54, 1.807) is 18.2 Å². The molecule has 1 heterocycles. The number of amides is 1. The van der Waals surface area contributed by atoms with Gasteiger partial charge in [0.15, 0.2) is 18.1 Å². The van der Waals surface area contributed by atoms with Crippen LogP contribution in [0.5, 0.6) is 11.5 Å². The van der Waals surface area contributed by atoms with E-state index >= 15 is 0 Å². The lowest BCUT2D eigenvalue weighted by molar-refractivity contribution is -0.142. The summed E-state index contributed by atoms with van der Waals surface area (Å²) in [7, 11) is 2.77. The minimum Gasteiger partial charge on any atom is -0.493 e. The Bertz CT molecular complexity index is 846. The molecule has 0 radical (unpaired) electrons. The van der Waals surface area contributed by atoms with Gasteiger partial charge in [-0.05, 0) is 49.2 Å². The molecule has 3 rings (SSSR count). The predicted octanol–water partition coefficient (Wildman–Crippen LogP) is 3.10. The molecule has 1 N–H and O–H groups in total. The minimum atomic E-state index is -0.518. The van der Waals surface area contributed by atoms with E-state index in [2.05, 4.69) is 15.0 Å². The highest BCUT2D eigenvalue weighted by Crippen LogP contribution is 2.29. The number of carbonyl (C=O) groups excluding carboxylic acids is 2. The molecule has 2 aromatic rings. The van der Waals surface area contributed by atoms with Gasteiger partial charge in [0.05, 0.1) is 14.2 Å². The maximum atomic E-state index is 12.7. The topological polar surface area (TPSA) is 77.1 Å². The number of carbonyl (C=O) groups is 2. The van der Waals surface area contributed by atoms with Crippen molar-refractivity contribution in [2.24, 2.45) is 0 Å². The smallest absolute Gasteiger partial charge is 0.343 e. The summed E-state index contributed by atoms with van der Waals surface area (Å²) in [5.41, 5.74) is 2.22. The molecule has 148 valence electrons. The second kappa shape index (κ2) is 9.12. The molecule has 2 aromatic carbocycles. The summed E-state index contributed by atoms with van der Waals surface area (Å²) in [6.45, 7) is 1.81. The Balaban J connectivity index is 1.73. The lowest BCUT2D eigenvalue weighted by Gasteiger charge is -2.18. The van der Waals surface area contributed by atoms with Gasteiger partial charge in [0.1, 0.15) is 0 Å². The van der Waals surface area contributed by atoms with Crippen LogP contribution in [0.4, 0.5) is 11.4 Å². The second-order valence-electron chi connectivity index (χ2n) is 6.43. The zero-order chi connectivity index (χ0) is 19.9. The number of esters is 1.